The molecule has 0 spiro atoms. The van der Waals surface area contributed by atoms with Crippen molar-refractivity contribution in [2.75, 3.05) is 6.61 Å². The monoisotopic (exact) mass is 354 g/mol. The summed E-state index contributed by atoms with van der Waals surface area (Å²) in [5.41, 5.74) is 7.16. The predicted molar refractivity (Wildman–Crippen MR) is 116 cm³/mol. The topological polar surface area (TPSA) is 9.23 Å². The first kappa shape index (κ1) is 18.9. The van der Waals surface area contributed by atoms with Crippen molar-refractivity contribution in [2.24, 2.45) is 0 Å². The second-order valence-electron chi connectivity index (χ2n) is 6.55. The molecular weight excluding hydrogens is 328 g/mol. The maximum Gasteiger partial charge on any atom is 0.0717 e. The van der Waals surface area contributed by atoms with Gasteiger partial charge in [0.2, 0.25) is 0 Å². The van der Waals surface area contributed by atoms with Crippen LogP contribution in [0, 0.1) is 0 Å². The van der Waals surface area contributed by atoms with E-state index in [1.165, 1.54) is 27.8 Å². The van der Waals surface area contributed by atoms with Crippen LogP contribution in [0.3, 0.4) is 0 Å². The van der Waals surface area contributed by atoms with Crippen LogP contribution in [0.4, 0.5) is 0 Å². The highest BCUT2D eigenvalue weighted by atomic mass is 16.5. The fraction of sp³-hybridized carbons (Fsp3) is 0.154. The van der Waals surface area contributed by atoms with E-state index in [0.29, 0.717) is 6.61 Å². The molecule has 0 aliphatic carbocycles. The average Bonchev–Trinajstić information content (AvgIpc) is 2.74. The van der Waals surface area contributed by atoms with Crippen molar-refractivity contribution in [3.05, 3.63) is 103 Å². The van der Waals surface area contributed by atoms with E-state index >= 15 is 0 Å². The van der Waals surface area contributed by atoms with E-state index in [0.717, 1.165) is 25.0 Å². The minimum atomic E-state index is 0.630. The maximum absolute atomic E-state index is 5.75. The fourth-order valence-electron chi connectivity index (χ4n) is 3.13. The first-order valence-corrected chi connectivity index (χ1v) is 9.41. The minimum Gasteiger partial charge on any atom is -0.377 e. The molecule has 0 fully saturated rings. The molecule has 0 heterocycles. The molecule has 0 saturated heterocycles. The standard InChI is InChI=1S/C26H26O/c1-3-5-9-18-27-20-21-12-17-26(22(4-2)19-21)25-15-13-24(14-16-25)23-10-7-6-8-11-23/h3-4,6-8,10-17,19H,1-2,5,9,18,20H2. The van der Waals surface area contributed by atoms with Crippen molar-refractivity contribution in [2.45, 2.75) is 19.4 Å². The van der Waals surface area contributed by atoms with Gasteiger partial charge >= 0.3 is 0 Å². The Labute approximate surface area is 162 Å². The molecule has 0 bridgehead atoms. The summed E-state index contributed by atoms with van der Waals surface area (Å²) in [4.78, 5) is 0. The second-order valence-corrected chi connectivity index (χ2v) is 6.55. The summed E-state index contributed by atoms with van der Waals surface area (Å²) in [6.07, 6.45) is 5.86. The summed E-state index contributed by atoms with van der Waals surface area (Å²) in [5, 5.41) is 0. The molecule has 3 rings (SSSR count). The van der Waals surface area contributed by atoms with Gasteiger partial charge in [-0.05, 0) is 52.3 Å². The van der Waals surface area contributed by atoms with Gasteiger partial charge in [0.25, 0.3) is 0 Å². The lowest BCUT2D eigenvalue weighted by atomic mass is 9.95. The Kier molecular flexibility index (Phi) is 6.78. The van der Waals surface area contributed by atoms with Crippen molar-refractivity contribution in [3.63, 3.8) is 0 Å². The third-order valence-corrected chi connectivity index (χ3v) is 4.60. The molecule has 27 heavy (non-hydrogen) atoms. The van der Waals surface area contributed by atoms with Crippen LogP contribution < -0.4 is 0 Å². The SMILES string of the molecule is C=CCCCOCc1ccc(-c2ccc(-c3ccccc3)cc2)c(C=C)c1. The molecule has 0 amide bonds. The number of allylic oxidation sites excluding steroid dienone is 1. The Morgan fingerprint density at radius 1 is 0.778 bits per heavy atom. The molecule has 3 aromatic carbocycles. The molecule has 0 unspecified atom stereocenters. The number of hydrogen-bond donors (Lipinski definition) is 0. The molecule has 0 aliphatic rings. The Bertz CT molecular complexity index is 876. The van der Waals surface area contributed by atoms with Gasteiger partial charge in [-0.3, -0.25) is 0 Å². The molecule has 1 nitrogen and oxygen atoms in total. The third-order valence-electron chi connectivity index (χ3n) is 4.60. The van der Waals surface area contributed by atoms with Gasteiger partial charge in [-0.25, -0.2) is 0 Å². The number of hydrogen-bond acceptors (Lipinski definition) is 1. The first-order chi connectivity index (χ1) is 13.3. The average molecular weight is 354 g/mol. The van der Waals surface area contributed by atoms with Crippen LogP contribution in [-0.4, -0.2) is 6.61 Å². The van der Waals surface area contributed by atoms with E-state index in [-0.39, 0.29) is 0 Å². The lowest BCUT2D eigenvalue weighted by molar-refractivity contribution is 0.119. The van der Waals surface area contributed by atoms with E-state index in [1.807, 2.05) is 18.2 Å². The van der Waals surface area contributed by atoms with Crippen molar-refractivity contribution in [1.29, 1.82) is 0 Å². The van der Waals surface area contributed by atoms with Gasteiger partial charge in [0, 0.05) is 6.61 Å². The molecule has 136 valence electrons. The summed E-state index contributed by atoms with van der Waals surface area (Å²) in [5.74, 6) is 0. The second kappa shape index (κ2) is 9.70. The number of ether oxygens (including phenoxy) is 1. The Morgan fingerprint density at radius 3 is 2.19 bits per heavy atom. The zero-order valence-corrected chi connectivity index (χ0v) is 15.7. The zero-order chi connectivity index (χ0) is 18.9. The quantitative estimate of drug-likeness (QED) is 0.293. The number of rotatable bonds is 9. The molecule has 0 saturated carbocycles. The van der Waals surface area contributed by atoms with Gasteiger partial charge in [0.05, 0.1) is 6.61 Å². The molecule has 0 aliphatic heterocycles. The first-order valence-electron chi connectivity index (χ1n) is 9.41. The zero-order valence-electron chi connectivity index (χ0n) is 15.7. The summed E-state index contributed by atoms with van der Waals surface area (Å²) in [6.45, 7) is 9.12. The van der Waals surface area contributed by atoms with E-state index in [2.05, 4.69) is 79.9 Å². The lowest BCUT2D eigenvalue weighted by Gasteiger charge is -2.11. The van der Waals surface area contributed by atoms with Crippen molar-refractivity contribution >= 4 is 6.08 Å². The highest BCUT2D eigenvalue weighted by molar-refractivity contribution is 5.77. The highest BCUT2D eigenvalue weighted by Crippen LogP contribution is 2.28. The minimum absolute atomic E-state index is 0.630. The summed E-state index contributed by atoms with van der Waals surface area (Å²) < 4.78 is 5.75. The normalized spacial score (nSPS) is 10.5. The predicted octanol–water partition coefficient (Wildman–Crippen LogP) is 7.15. The van der Waals surface area contributed by atoms with E-state index in [4.69, 9.17) is 4.74 Å². The highest BCUT2D eigenvalue weighted by Gasteiger charge is 2.06. The van der Waals surface area contributed by atoms with Gasteiger partial charge in [-0.2, -0.15) is 0 Å². The molecule has 0 aromatic heterocycles. The van der Waals surface area contributed by atoms with Crippen LogP contribution in [0.2, 0.25) is 0 Å². The Balaban J connectivity index is 1.74. The van der Waals surface area contributed by atoms with E-state index < -0.39 is 0 Å². The van der Waals surface area contributed by atoms with Crippen LogP contribution >= 0.6 is 0 Å². The molecule has 3 aromatic rings. The molecule has 0 N–H and O–H groups in total. The van der Waals surface area contributed by atoms with E-state index in [9.17, 15) is 0 Å². The van der Waals surface area contributed by atoms with Crippen LogP contribution in [0.15, 0.2) is 92.0 Å². The molecule has 0 atom stereocenters. The fourth-order valence-corrected chi connectivity index (χ4v) is 3.13. The smallest absolute Gasteiger partial charge is 0.0717 e. The van der Waals surface area contributed by atoms with Crippen molar-refractivity contribution in [3.8, 4) is 22.3 Å². The summed E-state index contributed by atoms with van der Waals surface area (Å²) in [6, 6.07) is 25.6. The van der Waals surface area contributed by atoms with Gasteiger partial charge in [0.1, 0.15) is 0 Å². The largest absolute Gasteiger partial charge is 0.377 e. The molecular formula is C26H26O. The maximum atomic E-state index is 5.75. The molecule has 0 radical (unpaired) electrons. The summed E-state index contributed by atoms with van der Waals surface area (Å²) in [7, 11) is 0. The van der Waals surface area contributed by atoms with Crippen molar-refractivity contribution < 1.29 is 4.74 Å². The van der Waals surface area contributed by atoms with Crippen LogP contribution in [0.5, 0.6) is 0 Å². The van der Waals surface area contributed by atoms with Crippen molar-refractivity contribution in [1.82, 2.24) is 0 Å². The number of unbranched alkanes of at least 4 members (excludes halogenated alkanes) is 1. The van der Waals surface area contributed by atoms with Gasteiger partial charge < -0.3 is 4.74 Å². The van der Waals surface area contributed by atoms with Gasteiger partial charge in [-0.1, -0.05) is 85.5 Å². The van der Waals surface area contributed by atoms with Crippen LogP contribution in [0.25, 0.3) is 28.3 Å². The third kappa shape index (κ3) is 5.06. The lowest BCUT2D eigenvalue weighted by Crippen LogP contribution is -1.96. The molecule has 1 heteroatoms. The summed E-state index contributed by atoms with van der Waals surface area (Å²) >= 11 is 0. The van der Waals surface area contributed by atoms with Crippen LogP contribution in [0.1, 0.15) is 24.0 Å². The van der Waals surface area contributed by atoms with Crippen LogP contribution in [-0.2, 0) is 11.3 Å². The van der Waals surface area contributed by atoms with Gasteiger partial charge in [-0.15, -0.1) is 6.58 Å². The Morgan fingerprint density at radius 2 is 1.48 bits per heavy atom. The van der Waals surface area contributed by atoms with Gasteiger partial charge in [0.15, 0.2) is 0 Å². The number of benzene rings is 3. The Hall–Kier alpha value is -2.90. The van der Waals surface area contributed by atoms with E-state index in [1.54, 1.807) is 0 Å².